The number of fused-ring (bicyclic) bond motifs is 1. The van der Waals surface area contributed by atoms with Gasteiger partial charge in [-0.2, -0.15) is 0 Å². The van der Waals surface area contributed by atoms with E-state index in [0.29, 0.717) is 16.9 Å². The third kappa shape index (κ3) is 2.85. The van der Waals surface area contributed by atoms with Crippen molar-refractivity contribution >= 4 is 11.0 Å². The SMILES string of the molecule is COc1cc2oc(=O)ccc2cc1C(O)C=C(C)C. The molecule has 4 heteroatoms. The van der Waals surface area contributed by atoms with Gasteiger partial charge in [-0.05, 0) is 26.0 Å². The summed E-state index contributed by atoms with van der Waals surface area (Å²) in [6.45, 7) is 3.82. The van der Waals surface area contributed by atoms with Gasteiger partial charge in [-0.3, -0.25) is 0 Å². The topological polar surface area (TPSA) is 59.7 Å². The van der Waals surface area contributed by atoms with Crippen LogP contribution in [0.2, 0.25) is 0 Å². The molecule has 4 nitrogen and oxygen atoms in total. The Balaban J connectivity index is 2.63. The third-order valence-electron chi connectivity index (χ3n) is 2.78. The van der Waals surface area contributed by atoms with Crippen LogP contribution < -0.4 is 10.4 Å². The maximum Gasteiger partial charge on any atom is 0.336 e. The second kappa shape index (κ2) is 5.28. The molecule has 0 spiro atoms. The van der Waals surface area contributed by atoms with Crippen molar-refractivity contribution in [2.45, 2.75) is 20.0 Å². The Bertz CT molecular complexity index is 678. The highest BCUT2D eigenvalue weighted by Gasteiger charge is 2.13. The van der Waals surface area contributed by atoms with Crippen molar-refractivity contribution in [1.82, 2.24) is 0 Å². The highest BCUT2D eigenvalue weighted by Crippen LogP contribution is 2.31. The van der Waals surface area contributed by atoms with Crippen molar-refractivity contribution in [2.75, 3.05) is 7.11 Å². The number of aliphatic hydroxyl groups is 1. The number of rotatable bonds is 3. The number of ether oxygens (including phenoxy) is 1. The van der Waals surface area contributed by atoms with Gasteiger partial charge in [0, 0.05) is 23.1 Å². The van der Waals surface area contributed by atoms with Gasteiger partial charge >= 0.3 is 5.63 Å². The fraction of sp³-hybridized carbons (Fsp3) is 0.267. The minimum atomic E-state index is -0.753. The summed E-state index contributed by atoms with van der Waals surface area (Å²) in [5.41, 5.74) is 1.68. The van der Waals surface area contributed by atoms with E-state index in [-0.39, 0.29) is 0 Å². The summed E-state index contributed by atoms with van der Waals surface area (Å²) in [6, 6.07) is 6.40. The molecule has 1 heterocycles. The zero-order chi connectivity index (χ0) is 14.0. The van der Waals surface area contributed by atoms with E-state index in [0.717, 1.165) is 11.0 Å². The van der Waals surface area contributed by atoms with Crippen molar-refractivity contribution in [3.8, 4) is 5.75 Å². The first-order valence-electron chi connectivity index (χ1n) is 5.96. The van der Waals surface area contributed by atoms with Crippen LogP contribution in [0.25, 0.3) is 11.0 Å². The highest BCUT2D eigenvalue weighted by molar-refractivity contribution is 5.79. The summed E-state index contributed by atoms with van der Waals surface area (Å²) in [5.74, 6) is 0.492. The molecular weight excluding hydrogens is 244 g/mol. The van der Waals surface area contributed by atoms with Gasteiger partial charge in [0.2, 0.25) is 0 Å². The molecule has 1 N–H and O–H groups in total. The fourth-order valence-corrected chi connectivity index (χ4v) is 1.93. The molecule has 0 fully saturated rings. The zero-order valence-corrected chi connectivity index (χ0v) is 11.1. The van der Waals surface area contributed by atoms with E-state index in [2.05, 4.69) is 0 Å². The maximum atomic E-state index is 11.2. The van der Waals surface area contributed by atoms with Gasteiger partial charge in [0.15, 0.2) is 0 Å². The van der Waals surface area contributed by atoms with Gasteiger partial charge in [-0.1, -0.05) is 11.6 Å². The lowest BCUT2D eigenvalue weighted by Gasteiger charge is -2.13. The molecule has 1 unspecified atom stereocenters. The average Bonchev–Trinajstić information content (AvgIpc) is 2.36. The van der Waals surface area contributed by atoms with E-state index in [9.17, 15) is 9.90 Å². The van der Waals surface area contributed by atoms with Crippen molar-refractivity contribution in [3.05, 3.63) is 51.9 Å². The smallest absolute Gasteiger partial charge is 0.336 e. The van der Waals surface area contributed by atoms with Gasteiger partial charge in [-0.15, -0.1) is 0 Å². The van der Waals surface area contributed by atoms with Crippen LogP contribution in [0.3, 0.4) is 0 Å². The lowest BCUT2D eigenvalue weighted by atomic mass is 10.0. The van der Waals surface area contributed by atoms with Crippen molar-refractivity contribution < 1.29 is 14.3 Å². The van der Waals surface area contributed by atoms with Crippen LogP contribution in [0.1, 0.15) is 25.5 Å². The standard InChI is InChI=1S/C15H16O4/c1-9(2)6-12(16)11-7-10-4-5-15(17)19-13(10)8-14(11)18-3/h4-8,12,16H,1-3H3. The number of hydrogen-bond donors (Lipinski definition) is 1. The van der Waals surface area contributed by atoms with Crippen molar-refractivity contribution in [2.24, 2.45) is 0 Å². The zero-order valence-electron chi connectivity index (χ0n) is 11.1. The van der Waals surface area contributed by atoms with Crippen molar-refractivity contribution in [3.63, 3.8) is 0 Å². The normalized spacial score (nSPS) is 12.2. The first kappa shape index (κ1) is 13.4. The summed E-state index contributed by atoms with van der Waals surface area (Å²) in [5, 5.41) is 10.9. The first-order valence-corrected chi connectivity index (χ1v) is 5.96. The van der Waals surface area contributed by atoms with Crippen molar-refractivity contribution in [1.29, 1.82) is 0 Å². The van der Waals surface area contributed by atoms with Crippen LogP contribution in [-0.2, 0) is 0 Å². The van der Waals surface area contributed by atoms with Crippen LogP contribution in [-0.4, -0.2) is 12.2 Å². The van der Waals surface area contributed by atoms with Crippen LogP contribution in [0.5, 0.6) is 5.75 Å². The van der Waals surface area contributed by atoms with Crippen LogP contribution in [0.15, 0.2) is 45.1 Å². The number of allylic oxidation sites excluding steroid dienone is 1. The molecule has 2 rings (SSSR count). The highest BCUT2D eigenvalue weighted by atomic mass is 16.5. The Hall–Kier alpha value is -2.07. The monoisotopic (exact) mass is 260 g/mol. The lowest BCUT2D eigenvalue weighted by molar-refractivity contribution is 0.222. The molecule has 100 valence electrons. The van der Waals surface area contributed by atoms with E-state index in [1.807, 2.05) is 13.8 Å². The van der Waals surface area contributed by atoms with Gasteiger partial charge < -0.3 is 14.3 Å². The molecule has 0 aliphatic rings. The van der Waals surface area contributed by atoms with Gasteiger partial charge in [0.05, 0.1) is 7.11 Å². The predicted octanol–water partition coefficient (Wildman–Crippen LogP) is 2.80. The molecule has 1 aromatic carbocycles. The van der Waals surface area contributed by atoms with Crippen LogP contribution in [0.4, 0.5) is 0 Å². The Kier molecular flexibility index (Phi) is 3.71. The molecule has 0 saturated heterocycles. The summed E-state index contributed by atoms with van der Waals surface area (Å²) in [4.78, 5) is 11.2. The molecule has 1 atom stereocenters. The molecule has 0 aliphatic carbocycles. The van der Waals surface area contributed by atoms with Crippen LogP contribution in [0, 0.1) is 0 Å². The Morgan fingerprint density at radius 1 is 1.37 bits per heavy atom. The number of aliphatic hydroxyl groups excluding tert-OH is 1. The summed E-state index contributed by atoms with van der Waals surface area (Å²) >= 11 is 0. The average molecular weight is 260 g/mol. The second-order valence-electron chi connectivity index (χ2n) is 4.58. The molecule has 0 aliphatic heterocycles. The largest absolute Gasteiger partial charge is 0.496 e. The molecule has 0 radical (unpaired) electrons. The van der Waals surface area contributed by atoms with E-state index in [1.54, 1.807) is 24.3 Å². The quantitative estimate of drug-likeness (QED) is 0.681. The summed E-state index contributed by atoms with van der Waals surface area (Å²) in [7, 11) is 1.51. The fourth-order valence-electron chi connectivity index (χ4n) is 1.93. The van der Waals surface area contributed by atoms with E-state index < -0.39 is 11.7 Å². The van der Waals surface area contributed by atoms with E-state index >= 15 is 0 Å². The molecule has 0 amide bonds. The van der Waals surface area contributed by atoms with Crippen LogP contribution >= 0.6 is 0 Å². The molecule has 19 heavy (non-hydrogen) atoms. The predicted molar refractivity (Wildman–Crippen MR) is 73.4 cm³/mol. The summed E-state index contributed by atoms with van der Waals surface area (Å²) < 4.78 is 10.3. The number of methoxy groups -OCH3 is 1. The van der Waals surface area contributed by atoms with Gasteiger partial charge in [-0.25, -0.2) is 4.79 Å². The summed E-state index contributed by atoms with van der Waals surface area (Å²) in [6.07, 6.45) is 0.985. The number of hydrogen-bond acceptors (Lipinski definition) is 4. The first-order chi connectivity index (χ1) is 9.01. The number of benzene rings is 1. The lowest BCUT2D eigenvalue weighted by Crippen LogP contribution is -2.00. The van der Waals surface area contributed by atoms with Gasteiger partial charge in [0.1, 0.15) is 17.4 Å². The van der Waals surface area contributed by atoms with E-state index in [1.165, 1.54) is 13.2 Å². The third-order valence-corrected chi connectivity index (χ3v) is 2.78. The molecular formula is C15H16O4. The van der Waals surface area contributed by atoms with Gasteiger partial charge in [0.25, 0.3) is 0 Å². The molecule has 0 saturated carbocycles. The Morgan fingerprint density at radius 2 is 2.11 bits per heavy atom. The Labute approximate surface area is 110 Å². The Morgan fingerprint density at radius 3 is 2.74 bits per heavy atom. The second-order valence-corrected chi connectivity index (χ2v) is 4.58. The molecule has 1 aromatic heterocycles. The minimum absolute atomic E-state index is 0.410. The maximum absolute atomic E-state index is 11.2. The minimum Gasteiger partial charge on any atom is -0.496 e. The molecule has 0 bridgehead atoms. The molecule has 2 aromatic rings. The van der Waals surface area contributed by atoms with E-state index in [4.69, 9.17) is 9.15 Å².